The summed E-state index contributed by atoms with van der Waals surface area (Å²) in [6.45, 7) is 8.49. The molecule has 1 N–H and O–H groups in total. The Labute approximate surface area is 205 Å². The first-order valence-corrected chi connectivity index (χ1v) is 11.7. The highest BCUT2D eigenvalue weighted by Gasteiger charge is 2.18. The van der Waals surface area contributed by atoms with Crippen LogP contribution < -0.4 is 10.2 Å². The number of morpholine rings is 1. The average molecular weight is 475 g/mol. The van der Waals surface area contributed by atoms with Crippen LogP contribution in [0.25, 0.3) is 11.8 Å². The fraction of sp³-hybridized carbons (Fsp3) is 0.296. The van der Waals surface area contributed by atoms with Gasteiger partial charge in [0.2, 0.25) is 0 Å². The molecule has 0 spiro atoms. The molecule has 0 radical (unpaired) electrons. The van der Waals surface area contributed by atoms with Crippen molar-refractivity contribution in [3.8, 4) is 5.69 Å². The number of amides is 1. The van der Waals surface area contributed by atoms with Crippen molar-refractivity contribution in [3.63, 3.8) is 0 Å². The molecular formula is C27H30N4O4. The number of hydrogen-bond acceptors (Lipinski definition) is 6. The number of esters is 1. The largest absolute Gasteiger partial charge is 0.449 e. The van der Waals surface area contributed by atoms with E-state index in [9.17, 15) is 9.59 Å². The van der Waals surface area contributed by atoms with Crippen molar-refractivity contribution in [2.24, 2.45) is 0 Å². The van der Waals surface area contributed by atoms with Crippen molar-refractivity contribution in [2.45, 2.75) is 26.9 Å². The second kappa shape index (κ2) is 11.0. The van der Waals surface area contributed by atoms with Crippen molar-refractivity contribution >= 4 is 29.3 Å². The van der Waals surface area contributed by atoms with Crippen molar-refractivity contribution in [3.05, 3.63) is 77.6 Å². The Morgan fingerprint density at radius 2 is 1.71 bits per heavy atom. The highest BCUT2D eigenvalue weighted by atomic mass is 16.5. The third-order valence-corrected chi connectivity index (χ3v) is 5.91. The van der Waals surface area contributed by atoms with Gasteiger partial charge in [-0.1, -0.05) is 18.2 Å². The zero-order valence-corrected chi connectivity index (χ0v) is 20.2. The summed E-state index contributed by atoms with van der Waals surface area (Å²) in [6, 6.07) is 17.4. The van der Waals surface area contributed by atoms with E-state index in [0.29, 0.717) is 18.9 Å². The summed E-state index contributed by atoms with van der Waals surface area (Å²) in [5, 5.41) is 7.36. The lowest BCUT2D eigenvalue weighted by Gasteiger charge is -2.28. The molecule has 2 aromatic carbocycles. The van der Waals surface area contributed by atoms with Gasteiger partial charge in [0, 0.05) is 41.8 Å². The van der Waals surface area contributed by atoms with Crippen molar-refractivity contribution in [2.75, 3.05) is 36.5 Å². The second-order valence-corrected chi connectivity index (χ2v) is 8.38. The minimum atomic E-state index is -0.944. The van der Waals surface area contributed by atoms with Crippen LogP contribution in [0.15, 0.2) is 60.7 Å². The molecule has 1 fully saturated rings. The topological polar surface area (TPSA) is 85.7 Å². The molecule has 1 unspecified atom stereocenters. The van der Waals surface area contributed by atoms with E-state index in [1.165, 1.54) is 6.08 Å². The molecule has 1 aromatic heterocycles. The van der Waals surface area contributed by atoms with E-state index >= 15 is 0 Å². The first-order chi connectivity index (χ1) is 16.9. The molecule has 1 saturated heterocycles. The third-order valence-electron chi connectivity index (χ3n) is 5.91. The molecular weight excluding hydrogens is 444 g/mol. The molecule has 182 valence electrons. The second-order valence-electron chi connectivity index (χ2n) is 8.38. The number of para-hydroxylation sites is 1. The highest BCUT2D eigenvalue weighted by molar-refractivity contribution is 5.96. The summed E-state index contributed by atoms with van der Waals surface area (Å²) in [6.07, 6.45) is 2.06. The smallest absolute Gasteiger partial charge is 0.331 e. The molecule has 4 rings (SSSR count). The van der Waals surface area contributed by atoms with Gasteiger partial charge in [0.15, 0.2) is 6.10 Å². The predicted molar refractivity (Wildman–Crippen MR) is 136 cm³/mol. The molecule has 3 aromatic rings. The lowest BCUT2D eigenvalue weighted by molar-refractivity contribution is -0.148. The number of hydrogen-bond donors (Lipinski definition) is 1. The summed E-state index contributed by atoms with van der Waals surface area (Å²) < 4.78 is 12.5. The van der Waals surface area contributed by atoms with Crippen LogP contribution in [-0.4, -0.2) is 54.1 Å². The standard InChI is InChI=1S/C27H30N4O4/c1-19-25(20(2)31(29-19)24-7-5-4-6-8-24)13-14-26(32)35-21(3)27(33)28-22-9-11-23(12-10-22)30-15-17-34-18-16-30/h4-14,21H,15-18H2,1-3H3,(H,28,33)/b14-13+. The van der Waals surface area contributed by atoms with Gasteiger partial charge in [-0.25, -0.2) is 9.48 Å². The summed E-state index contributed by atoms with van der Waals surface area (Å²) in [5.74, 6) is -0.989. The Bertz CT molecular complexity index is 1200. The molecule has 1 atom stereocenters. The van der Waals surface area contributed by atoms with Gasteiger partial charge in [-0.15, -0.1) is 0 Å². The Morgan fingerprint density at radius 3 is 2.40 bits per heavy atom. The SMILES string of the molecule is Cc1nn(-c2ccccc2)c(C)c1/C=C/C(=O)OC(C)C(=O)Nc1ccc(N2CCOCC2)cc1. The van der Waals surface area contributed by atoms with Gasteiger partial charge in [0.05, 0.1) is 24.6 Å². The highest BCUT2D eigenvalue weighted by Crippen LogP contribution is 2.20. The van der Waals surface area contributed by atoms with E-state index in [1.54, 1.807) is 13.0 Å². The van der Waals surface area contributed by atoms with E-state index in [-0.39, 0.29) is 0 Å². The number of nitrogens with one attached hydrogen (secondary N) is 1. The number of carbonyl (C=O) groups is 2. The van der Waals surface area contributed by atoms with Crippen LogP contribution in [0.5, 0.6) is 0 Å². The molecule has 2 heterocycles. The Balaban J connectivity index is 1.33. The fourth-order valence-electron chi connectivity index (χ4n) is 3.96. The Morgan fingerprint density at radius 1 is 1.03 bits per heavy atom. The Hall–Kier alpha value is -3.91. The van der Waals surface area contributed by atoms with Crippen LogP contribution in [0.4, 0.5) is 11.4 Å². The third kappa shape index (κ3) is 5.96. The van der Waals surface area contributed by atoms with Gasteiger partial charge in [0.1, 0.15) is 0 Å². The van der Waals surface area contributed by atoms with Gasteiger partial charge < -0.3 is 19.7 Å². The number of nitrogens with zero attached hydrogens (tertiary/aromatic N) is 3. The number of rotatable bonds is 7. The molecule has 8 heteroatoms. The molecule has 1 amide bonds. The monoisotopic (exact) mass is 474 g/mol. The maximum absolute atomic E-state index is 12.5. The lowest BCUT2D eigenvalue weighted by Crippen LogP contribution is -2.36. The van der Waals surface area contributed by atoms with Crippen molar-refractivity contribution in [1.82, 2.24) is 9.78 Å². The van der Waals surface area contributed by atoms with Gasteiger partial charge >= 0.3 is 5.97 Å². The van der Waals surface area contributed by atoms with E-state index in [2.05, 4.69) is 15.3 Å². The van der Waals surface area contributed by atoms with Gasteiger partial charge in [-0.2, -0.15) is 5.10 Å². The van der Waals surface area contributed by atoms with Gasteiger partial charge in [0.25, 0.3) is 5.91 Å². The summed E-state index contributed by atoms with van der Waals surface area (Å²) in [4.78, 5) is 27.1. The number of aryl methyl sites for hydroxylation is 1. The van der Waals surface area contributed by atoms with Crippen LogP contribution in [0.3, 0.4) is 0 Å². The first-order valence-electron chi connectivity index (χ1n) is 11.7. The van der Waals surface area contributed by atoms with Crippen LogP contribution in [0.2, 0.25) is 0 Å². The van der Waals surface area contributed by atoms with Crippen LogP contribution in [0.1, 0.15) is 23.9 Å². The fourth-order valence-corrected chi connectivity index (χ4v) is 3.96. The predicted octanol–water partition coefficient (Wildman–Crippen LogP) is 3.91. The number of benzene rings is 2. The van der Waals surface area contributed by atoms with E-state index in [0.717, 1.165) is 41.4 Å². The van der Waals surface area contributed by atoms with Crippen molar-refractivity contribution < 1.29 is 19.1 Å². The molecule has 1 aliphatic heterocycles. The first kappa shape index (κ1) is 24.2. The number of aromatic nitrogens is 2. The maximum atomic E-state index is 12.5. The molecule has 8 nitrogen and oxygen atoms in total. The molecule has 0 saturated carbocycles. The van der Waals surface area contributed by atoms with E-state index in [1.807, 2.05) is 73.1 Å². The summed E-state index contributed by atoms with van der Waals surface area (Å²) in [5.41, 5.74) is 5.20. The van der Waals surface area contributed by atoms with Crippen molar-refractivity contribution in [1.29, 1.82) is 0 Å². The number of ether oxygens (including phenoxy) is 2. The normalized spacial score (nSPS) is 14.7. The maximum Gasteiger partial charge on any atom is 0.331 e. The number of carbonyl (C=O) groups excluding carboxylic acids is 2. The average Bonchev–Trinajstić information content (AvgIpc) is 3.17. The lowest BCUT2D eigenvalue weighted by atomic mass is 10.2. The molecule has 35 heavy (non-hydrogen) atoms. The minimum Gasteiger partial charge on any atom is -0.449 e. The summed E-state index contributed by atoms with van der Waals surface area (Å²) in [7, 11) is 0. The quantitative estimate of drug-likeness (QED) is 0.413. The van der Waals surface area contributed by atoms with Crippen LogP contribution in [-0.2, 0) is 19.1 Å². The Kier molecular flexibility index (Phi) is 7.62. The van der Waals surface area contributed by atoms with E-state index < -0.39 is 18.0 Å². The molecule has 0 bridgehead atoms. The van der Waals surface area contributed by atoms with E-state index in [4.69, 9.17) is 9.47 Å². The number of anilines is 2. The molecule has 1 aliphatic rings. The summed E-state index contributed by atoms with van der Waals surface area (Å²) >= 11 is 0. The van der Waals surface area contributed by atoms with Gasteiger partial charge in [-0.05, 0) is 63.2 Å². The minimum absolute atomic E-state index is 0.393. The zero-order valence-electron chi connectivity index (χ0n) is 20.2. The van der Waals surface area contributed by atoms with Gasteiger partial charge in [-0.3, -0.25) is 4.79 Å². The zero-order chi connectivity index (χ0) is 24.8. The molecule has 0 aliphatic carbocycles. The van der Waals surface area contributed by atoms with Crippen LogP contribution in [0, 0.1) is 13.8 Å². The van der Waals surface area contributed by atoms with Crippen LogP contribution >= 0.6 is 0 Å².